The third kappa shape index (κ3) is 4.95. The van der Waals surface area contributed by atoms with E-state index in [2.05, 4.69) is 21.3 Å². The van der Waals surface area contributed by atoms with Gasteiger partial charge in [-0.25, -0.2) is 4.79 Å². The van der Waals surface area contributed by atoms with Gasteiger partial charge in [-0.3, -0.25) is 10.1 Å². The van der Waals surface area contributed by atoms with Crippen molar-refractivity contribution < 1.29 is 9.59 Å². The zero-order valence-corrected chi connectivity index (χ0v) is 14.5. The van der Waals surface area contributed by atoms with Crippen molar-refractivity contribution in [1.29, 1.82) is 0 Å². The fourth-order valence-corrected chi connectivity index (χ4v) is 2.96. The Bertz CT molecular complexity index is 688. The third-order valence-electron chi connectivity index (χ3n) is 3.52. The zero-order valence-electron chi connectivity index (χ0n) is 12.9. The first-order valence-electron chi connectivity index (χ1n) is 7.42. The van der Waals surface area contributed by atoms with E-state index in [0.29, 0.717) is 28.0 Å². The van der Waals surface area contributed by atoms with Crippen molar-refractivity contribution in [3.8, 4) is 0 Å². The van der Waals surface area contributed by atoms with Crippen LogP contribution < -0.4 is 21.3 Å². The fourth-order valence-electron chi connectivity index (χ4n) is 2.14. The summed E-state index contributed by atoms with van der Waals surface area (Å²) in [5.74, 6) is 0.423. The number of rotatable bonds is 5. The average Bonchev–Trinajstić information content (AvgIpc) is 2.95. The molecule has 0 radical (unpaired) electrons. The summed E-state index contributed by atoms with van der Waals surface area (Å²) >= 11 is 1.26. The Kier molecular flexibility index (Phi) is 6.60. The van der Waals surface area contributed by atoms with Gasteiger partial charge in [0.15, 0.2) is 0 Å². The number of carbonyl (C=O) groups is 2. The largest absolute Gasteiger partial charge is 0.351 e. The van der Waals surface area contributed by atoms with Gasteiger partial charge in [0.1, 0.15) is 0 Å². The topological polar surface area (TPSA) is 82.3 Å². The highest BCUT2D eigenvalue weighted by atomic mass is 35.5. The second-order valence-electron chi connectivity index (χ2n) is 5.34. The van der Waals surface area contributed by atoms with E-state index in [1.807, 2.05) is 30.3 Å². The minimum absolute atomic E-state index is 0. The number of hydrogen-bond donors (Lipinski definition) is 4. The molecule has 1 aliphatic rings. The molecule has 128 valence electrons. The molecule has 1 aromatic carbocycles. The second kappa shape index (κ2) is 8.68. The highest BCUT2D eigenvalue weighted by Gasteiger charge is 2.18. The van der Waals surface area contributed by atoms with Crippen molar-refractivity contribution in [3.05, 3.63) is 47.3 Å². The number of amides is 3. The van der Waals surface area contributed by atoms with E-state index in [1.165, 1.54) is 11.3 Å². The van der Waals surface area contributed by atoms with E-state index >= 15 is 0 Å². The Hall–Kier alpha value is -2.09. The van der Waals surface area contributed by atoms with Gasteiger partial charge < -0.3 is 16.0 Å². The lowest BCUT2D eigenvalue weighted by Gasteiger charge is -2.26. The molecule has 8 heteroatoms. The minimum Gasteiger partial charge on any atom is -0.351 e. The van der Waals surface area contributed by atoms with Crippen molar-refractivity contribution in [3.63, 3.8) is 0 Å². The maximum atomic E-state index is 12.0. The van der Waals surface area contributed by atoms with Crippen LogP contribution in [0.15, 0.2) is 42.5 Å². The summed E-state index contributed by atoms with van der Waals surface area (Å²) in [5.41, 5.74) is 0.716. The van der Waals surface area contributed by atoms with Crippen LogP contribution in [0.2, 0.25) is 0 Å². The van der Waals surface area contributed by atoms with Crippen molar-refractivity contribution >= 4 is 46.4 Å². The van der Waals surface area contributed by atoms with Gasteiger partial charge in [0.2, 0.25) is 0 Å². The number of anilines is 2. The predicted molar refractivity (Wildman–Crippen MR) is 99.3 cm³/mol. The van der Waals surface area contributed by atoms with Crippen LogP contribution in [0.25, 0.3) is 0 Å². The van der Waals surface area contributed by atoms with E-state index < -0.39 is 0 Å². The number of halogens is 1. The Balaban J connectivity index is 0.00000208. The molecule has 24 heavy (non-hydrogen) atoms. The van der Waals surface area contributed by atoms with Crippen LogP contribution in [0.4, 0.5) is 15.5 Å². The monoisotopic (exact) mass is 366 g/mol. The van der Waals surface area contributed by atoms with Gasteiger partial charge >= 0.3 is 6.03 Å². The highest BCUT2D eigenvalue weighted by molar-refractivity contribution is 7.18. The Morgan fingerprint density at radius 1 is 1.08 bits per heavy atom. The molecule has 0 atom stereocenters. The number of hydrogen-bond acceptors (Lipinski definition) is 4. The fraction of sp³-hybridized carbons (Fsp3) is 0.250. The standard InChI is InChI=1S/C16H18N4O2S.ClH/c21-15(18-10-11-8-17-9-11)13-6-7-14(23-13)20-16(22)19-12-4-2-1-3-5-12;/h1-7,11,17H,8-10H2,(H,18,21)(H2,19,20,22);1H. The molecule has 0 bridgehead atoms. The van der Waals surface area contributed by atoms with Gasteiger partial charge in [-0.15, -0.1) is 23.7 Å². The number of nitrogens with one attached hydrogen (secondary N) is 4. The highest BCUT2D eigenvalue weighted by Crippen LogP contribution is 2.22. The van der Waals surface area contributed by atoms with Crippen molar-refractivity contribution in [2.45, 2.75) is 0 Å². The number of thiophene rings is 1. The molecule has 3 amide bonds. The SMILES string of the molecule is Cl.O=C(Nc1ccccc1)Nc1ccc(C(=O)NCC2CNC2)s1. The van der Waals surface area contributed by atoms with Crippen molar-refractivity contribution in [2.24, 2.45) is 5.92 Å². The normalized spacial score (nSPS) is 13.3. The van der Waals surface area contributed by atoms with E-state index in [1.54, 1.807) is 12.1 Å². The molecule has 1 saturated heterocycles. The molecule has 6 nitrogen and oxygen atoms in total. The Morgan fingerprint density at radius 3 is 2.50 bits per heavy atom. The number of para-hydroxylation sites is 1. The second-order valence-corrected chi connectivity index (χ2v) is 6.43. The smallest absolute Gasteiger partial charge is 0.324 e. The minimum atomic E-state index is -0.328. The number of carbonyl (C=O) groups excluding carboxylic acids is 2. The average molecular weight is 367 g/mol. The first kappa shape index (κ1) is 18.3. The molecule has 1 aromatic heterocycles. The van der Waals surface area contributed by atoms with Crippen LogP contribution in [0, 0.1) is 5.92 Å². The lowest BCUT2D eigenvalue weighted by atomic mass is 10.0. The molecule has 0 aliphatic carbocycles. The molecular weight excluding hydrogens is 348 g/mol. The quantitative estimate of drug-likeness (QED) is 0.656. The van der Waals surface area contributed by atoms with Crippen LogP contribution in [0.1, 0.15) is 9.67 Å². The van der Waals surface area contributed by atoms with E-state index in [0.717, 1.165) is 13.1 Å². The first-order valence-corrected chi connectivity index (χ1v) is 8.24. The van der Waals surface area contributed by atoms with Crippen LogP contribution in [0.5, 0.6) is 0 Å². The van der Waals surface area contributed by atoms with Gasteiger partial charge in [0.05, 0.1) is 9.88 Å². The van der Waals surface area contributed by atoms with Crippen molar-refractivity contribution in [1.82, 2.24) is 10.6 Å². The van der Waals surface area contributed by atoms with Gasteiger partial charge in [0, 0.05) is 31.2 Å². The van der Waals surface area contributed by atoms with Gasteiger partial charge in [0.25, 0.3) is 5.91 Å². The lowest BCUT2D eigenvalue weighted by molar-refractivity contribution is 0.0946. The Labute approximate surface area is 150 Å². The molecule has 0 unspecified atom stereocenters. The maximum absolute atomic E-state index is 12.0. The van der Waals surface area contributed by atoms with Crippen LogP contribution in [-0.4, -0.2) is 31.6 Å². The zero-order chi connectivity index (χ0) is 16.1. The summed E-state index contributed by atoms with van der Waals surface area (Å²) in [6.07, 6.45) is 0. The van der Waals surface area contributed by atoms with Crippen LogP contribution >= 0.6 is 23.7 Å². The molecule has 2 aromatic rings. The molecular formula is C16H19ClN4O2S. The van der Waals surface area contributed by atoms with E-state index in [4.69, 9.17) is 0 Å². The summed E-state index contributed by atoms with van der Waals surface area (Å²) in [7, 11) is 0. The number of benzene rings is 1. The van der Waals surface area contributed by atoms with Gasteiger partial charge in [-0.2, -0.15) is 0 Å². The molecule has 1 aliphatic heterocycles. The summed E-state index contributed by atoms with van der Waals surface area (Å²) in [4.78, 5) is 24.5. The number of urea groups is 1. The summed E-state index contributed by atoms with van der Waals surface area (Å²) in [6.45, 7) is 2.59. The van der Waals surface area contributed by atoms with E-state index in [9.17, 15) is 9.59 Å². The summed E-state index contributed by atoms with van der Waals surface area (Å²) in [5, 5.41) is 12.2. The Morgan fingerprint density at radius 2 is 1.83 bits per heavy atom. The molecule has 0 saturated carbocycles. The van der Waals surface area contributed by atoms with Crippen LogP contribution in [0.3, 0.4) is 0 Å². The molecule has 1 fully saturated rings. The molecule has 4 N–H and O–H groups in total. The first-order chi connectivity index (χ1) is 11.2. The van der Waals surface area contributed by atoms with E-state index in [-0.39, 0.29) is 24.3 Å². The van der Waals surface area contributed by atoms with Gasteiger partial charge in [-0.05, 0) is 24.3 Å². The summed E-state index contributed by atoms with van der Waals surface area (Å²) < 4.78 is 0. The van der Waals surface area contributed by atoms with Gasteiger partial charge in [-0.1, -0.05) is 18.2 Å². The predicted octanol–water partition coefficient (Wildman–Crippen LogP) is 2.76. The maximum Gasteiger partial charge on any atom is 0.324 e. The van der Waals surface area contributed by atoms with Crippen LogP contribution in [-0.2, 0) is 0 Å². The third-order valence-corrected chi connectivity index (χ3v) is 4.51. The lowest BCUT2D eigenvalue weighted by Crippen LogP contribution is -2.48. The molecule has 0 spiro atoms. The summed E-state index contributed by atoms with van der Waals surface area (Å²) in [6, 6.07) is 12.3. The molecule has 2 heterocycles. The molecule has 3 rings (SSSR count). The van der Waals surface area contributed by atoms with Crippen molar-refractivity contribution in [2.75, 3.05) is 30.3 Å².